The molecule has 0 saturated carbocycles. The summed E-state index contributed by atoms with van der Waals surface area (Å²) in [5.41, 5.74) is -0.204. The van der Waals surface area contributed by atoms with Gasteiger partial charge >= 0.3 is 6.18 Å². The molecule has 1 aliphatic rings. The summed E-state index contributed by atoms with van der Waals surface area (Å²) in [5.74, 6) is -1.01. The summed E-state index contributed by atoms with van der Waals surface area (Å²) in [4.78, 5) is 30.7. The van der Waals surface area contributed by atoms with Crippen molar-refractivity contribution in [1.29, 1.82) is 0 Å². The van der Waals surface area contributed by atoms with Crippen LogP contribution in [0.4, 0.5) is 24.5 Å². The fourth-order valence-electron chi connectivity index (χ4n) is 3.49. The zero-order valence-corrected chi connectivity index (χ0v) is 16.8. The minimum atomic E-state index is -4.59. The highest BCUT2D eigenvalue weighted by Crippen LogP contribution is 2.34. The van der Waals surface area contributed by atoms with E-state index in [9.17, 15) is 22.8 Å². The Kier molecular flexibility index (Phi) is 5.56. The van der Waals surface area contributed by atoms with Gasteiger partial charge in [-0.25, -0.2) is 9.67 Å². The highest BCUT2D eigenvalue weighted by atomic mass is 19.4. The van der Waals surface area contributed by atoms with Crippen molar-refractivity contribution < 1.29 is 27.5 Å². The molecule has 1 aliphatic heterocycles. The van der Waals surface area contributed by atoms with Gasteiger partial charge in [0.05, 0.1) is 30.0 Å². The second-order valence-electron chi connectivity index (χ2n) is 7.17. The number of ether oxygens (including phenoxy) is 1. The van der Waals surface area contributed by atoms with Crippen LogP contribution in [0.2, 0.25) is 0 Å². The maximum Gasteiger partial charge on any atom is 0.416 e. The van der Waals surface area contributed by atoms with E-state index in [1.54, 1.807) is 24.3 Å². The number of aromatic nitrogens is 3. The second kappa shape index (κ2) is 8.33. The zero-order chi connectivity index (χ0) is 22.9. The van der Waals surface area contributed by atoms with Crippen molar-refractivity contribution in [2.45, 2.75) is 12.6 Å². The largest absolute Gasteiger partial charge is 0.497 e. The van der Waals surface area contributed by atoms with Gasteiger partial charge in [-0.1, -0.05) is 6.07 Å². The van der Waals surface area contributed by atoms with Gasteiger partial charge in [-0.2, -0.15) is 18.3 Å². The van der Waals surface area contributed by atoms with Gasteiger partial charge in [0.2, 0.25) is 11.8 Å². The molecule has 3 aromatic rings. The van der Waals surface area contributed by atoms with Gasteiger partial charge in [0.1, 0.15) is 18.4 Å². The fraction of sp³-hybridized carbons (Fsp3) is 0.238. The van der Waals surface area contributed by atoms with Crippen molar-refractivity contribution >= 4 is 23.2 Å². The molecule has 1 saturated heterocycles. The lowest BCUT2D eigenvalue weighted by Gasteiger charge is -2.18. The summed E-state index contributed by atoms with van der Waals surface area (Å²) in [6.45, 7) is 0.0927. The van der Waals surface area contributed by atoms with Crippen molar-refractivity contribution in [3.05, 3.63) is 60.7 Å². The number of methoxy groups -OCH3 is 1. The zero-order valence-electron chi connectivity index (χ0n) is 16.8. The number of nitrogens with one attached hydrogen (secondary N) is 1. The van der Waals surface area contributed by atoms with E-state index >= 15 is 0 Å². The Labute approximate surface area is 180 Å². The maximum absolute atomic E-state index is 13.2. The van der Waals surface area contributed by atoms with Crippen LogP contribution in [0.25, 0.3) is 5.69 Å². The van der Waals surface area contributed by atoms with Crippen molar-refractivity contribution in [3.63, 3.8) is 0 Å². The quantitative estimate of drug-likeness (QED) is 0.651. The molecule has 2 amide bonds. The topological polar surface area (TPSA) is 89.3 Å². The first-order valence-electron chi connectivity index (χ1n) is 9.58. The maximum atomic E-state index is 13.2. The van der Waals surface area contributed by atoms with Crippen LogP contribution >= 0.6 is 0 Å². The van der Waals surface area contributed by atoms with E-state index in [4.69, 9.17) is 4.74 Å². The van der Waals surface area contributed by atoms with Crippen LogP contribution < -0.4 is 15.0 Å². The smallest absolute Gasteiger partial charge is 0.416 e. The molecule has 0 spiro atoms. The van der Waals surface area contributed by atoms with E-state index in [0.29, 0.717) is 11.4 Å². The number of alkyl halides is 3. The molecule has 0 bridgehead atoms. The van der Waals surface area contributed by atoms with E-state index in [2.05, 4.69) is 15.4 Å². The molecule has 32 heavy (non-hydrogen) atoms. The third-order valence-electron chi connectivity index (χ3n) is 5.11. The average molecular weight is 445 g/mol. The Hall–Kier alpha value is -3.89. The summed E-state index contributed by atoms with van der Waals surface area (Å²) >= 11 is 0. The third kappa shape index (κ3) is 4.27. The van der Waals surface area contributed by atoms with Crippen LogP contribution in [-0.2, 0) is 15.8 Å². The van der Waals surface area contributed by atoms with Crippen molar-refractivity contribution in [1.82, 2.24) is 14.8 Å². The molecule has 4 rings (SSSR count). The van der Waals surface area contributed by atoms with Gasteiger partial charge in [0.25, 0.3) is 0 Å². The van der Waals surface area contributed by atoms with Crippen LogP contribution in [0, 0.1) is 5.92 Å². The molecule has 0 aliphatic carbocycles. The van der Waals surface area contributed by atoms with Gasteiger partial charge in [0, 0.05) is 24.7 Å². The summed E-state index contributed by atoms with van der Waals surface area (Å²) < 4.78 is 46.1. The Morgan fingerprint density at radius 2 is 2.03 bits per heavy atom. The number of rotatable bonds is 5. The number of benzene rings is 2. The lowest BCUT2D eigenvalue weighted by atomic mass is 10.1. The third-order valence-corrected chi connectivity index (χ3v) is 5.11. The standard InChI is InChI=1S/C21H18F3N5O3/c1-32-16-4-2-3-15(9-16)28-10-13(7-19(28)30)20(31)27-17-8-14(21(22,23)24)5-6-18(17)29-12-25-11-26-29/h2-6,8-9,11-13H,7,10H2,1H3,(H,27,31). The van der Waals surface area contributed by atoms with E-state index in [1.807, 2.05) is 0 Å². The van der Waals surface area contributed by atoms with Crippen LogP contribution in [0.1, 0.15) is 12.0 Å². The van der Waals surface area contributed by atoms with Crippen LogP contribution in [-0.4, -0.2) is 40.2 Å². The van der Waals surface area contributed by atoms with Crippen LogP contribution in [0.5, 0.6) is 5.75 Å². The minimum absolute atomic E-state index is 0.0688. The molecule has 0 radical (unpaired) electrons. The van der Waals surface area contributed by atoms with E-state index in [-0.39, 0.29) is 30.2 Å². The van der Waals surface area contributed by atoms with Gasteiger partial charge in [-0.05, 0) is 30.3 Å². The normalized spacial score (nSPS) is 16.3. The number of amides is 2. The number of carbonyl (C=O) groups excluding carboxylic acids is 2. The molecule has 1 atom stereocenters. The number of hydrogen-bond acceptors (Lipinski definition) is 5. The number of anilines is 2. The van der Waals surface area contributed by atoms with Gasteiger partial charge in [-0.3, -0.25) is 9.59 Å². The summed E-state index contributed by atoms with van der Waals surface area (Å²) in [6, 6.07) is 9.79. The Bertz CT molecular complexity index is 1150. The molecule has 1 N–H and O–H groups in total. The van der Waals surface area contributed by atoms with E-state index in [1.165, 1.54) is 35.4 Å². The Morgan fingerprint density at radius 3 is 2.72 bits per heavy atom. The van der Waals surface area contributed by atoms with Crippen molar-refractivity contribution in [2.75, 3.05) is 23.9 Å². The van der Waals surface area contributed by atoms with Crippen molar-refractivity contribution in [3.8, 4) is 11.4 Å². The number of nitrogens with zero attached hydrogens (tertiary/aromatic N) is 4. The highest BCUT2D eigenvalue weighted by Gasteiger charge is 2.36. The SMILES string of the molecule is COc1cccc(N2CC(C(=O)Nc3cc(C(F)(F)F)ccc3-n3cncn3)CC2=O)c1. The molecule has 1 unspecified atom stereocenters. The monoisotopic (exact) mass is 445 g/mol. The summed E-state index contributed by atoms with van der Waals surface area (Å²) in [7, 11) is 1.50. The van der Waals surface area contributed by atoms with Gasteiger partial charge in [-0.15, -0.1) is 0 Å². The van der Waals surface area contributed by atoms with Crippen LogP contribution in [0.3, 0.4) is 0 Å². The van der Waals surface area contributed by atoms with E-state index in [0.717, 1.165) is 12.1 Å². The molecule has 11 heteroatoms. The van der Waals surface area contributed by atoms with E-state index < -0.39 is 23.6 Å². The Morgan fingerprint density at radius 1 is 1.22 bits per heavy atom. The molecule has 2 heterocycles. The first-order valence-corrected chi connectivity index (χ1v) is 9.58. The predicted molar refractivity (Wildman–Crippen MR) is 108 cm³/mol. The fourth-order valence-corrected chi connectivity index (χ4v) is 3.49. The first-order chi connectivity index (χ1) is 15.3. The van der Waals surface area contributed by atoms with Crippen molar-refractivity contribution in [2.24, 2.45) is 5.92 Å². The molecular weight excluding hydrogens is 427 g/mol. The number of hydrogen-bond donors (Lipinski definition) is 1. The molecule has 8 nitrogen and oxygen atoms in total. The average Bonchev–Trinajstić information content (AvgIpc) is 3.43. The molecule has 166 valence electrons. The molecule has 1 aromatic heterocycles. The Balaban J connectivity index is 1.58. The van der Waals surface area contributed by atoms with Crippen LogP contribution in [0.15, 0.2) is 55.1 Å². The second-order valence-corrected chi connectivity index (χ2v) is 7.17. The van der Waals surface area contributed by atoms with Gasteiger partial charge < -0.3 is 15.0 Å². The summed E-state index contributed by atoms with van der Waals surface area (Å²) in [5, 5.41) is 6.46. The molecular formula is C21H18F3N5O3. The lowest BCUT2D eigenvalue weighted by molar-refractivity contribution is -0.137. The predicted octanol–water partition coefficient (Wildman–Crippen LogP) is 3.29. The molecule has 2 aromatic carbocycles. The molecule has 1 fully saturated rings. The summed E-state index contributed by atoms with van der Waals surface area (Å²) in [6.07, 6.45) is -2.12. The highest BCUT2D eigenvalue weighted by molar-refractivity contribution is 6.04. The number of carbonyl (C=O) groups is 2. The number of halogens is 3. The minimum Gasteiger partial charge on any atom is -0.497 e. The first kappa shape index (κ1) is 21.3. The van der Waals surface area contributed by atoms with Gasteiger partial charge in [0.15, 0.2) is 0 Å². The lowest BCUT2D eigenvalue weighted by Crippen LogP contribution is -2.28.